The quantitative estimate of drug-likeness (QED) is 0.402. The minimum atomic E-state index is -0.451. The van der Waals surface area contributed by atoms with Crippen LogP contribution in [0, 0.1) is 37.8 Å². The molecular formula is C18H14N2O5. The number of nitro benzene ring substituents is 1. The van der Waals surface area contributed by atoms with Gasteiger partial charge in [0, 0.05) is 11.1 Å². The first kappa shape index (κ1) is 15.3. The van der Waals surface area contributed by atoms with Gasteiger partial charge in [-0.2, -0.15) is 0 Å². The summed E-state index contributed by atoms with van der Waals surface area (Å²) in [5, 5.41) is 11.4. The maximum Gasteiger partial charge on any atom is 0.275 e. The molecule has 2 amide bonds. The number of anilines is 1. The van der Waals surface area contributed by atoms with E-state index in [4.69, 9.17) is 4.42 Å². The maximum absolute atomic E-state index is 12.9. The Morgan fingerprint density at radius 3 is 1.72 bits per heavy atom. The minimum Gasteiger partial charge on any atom is -0.456 e. The number of amides is 2. The molecule has 0 aliphatic carbocycles. The number of carbonyl (C=O) groups excluding carboxylic acids is 2. The Morgan fingerprint density at radius 1 is 0.880 bits per heavy atom. The molecule has 1 aromatic carbocycles. The zero-order valence-electron chi connectivity index (χ0n) is 14.1. The first-order valence-corrected chi connectivity index (χ1v) is 7.74. The predicted molar refractivity (Wildman–Crippen MR) is 90.6 cm³/mol. The van der Waals surface area contributed by atoms with Crippen molar-refractivity contribution in [2.45, 2.75) is 27.7 Å². The molecule has 0 radical (unpaired) electrons. The highest BCUT2D eigenvalue weighted by Crippen LogP contribution is 2.43. The Bertz CT molecular complexity index is 1030. The van der Waals surface area contributed by atoms with Crippen LogP contribution < -0.4 is 4.90 Å². The number of carbonyl (C=O) groups is 2. The van der Waals surface area contributed by atoms with Crippen molar-refractivity contribution in [1.29, 1.82) is 0 Å². The molecule has 1 aliphatic heterocycles. The molecule has 2 bridgehead atoms. The average molecular weight is 338 g/mol. The number of benzene rings is 2. The van der Waals surface area contributed by atoms with Crippen LogP contribution in [0.5, 0.6) is 0 Å². The van der Waals surface area contributed by atoms with E-state index >= 15 is 0 Å². The van der Waals surface area contributed by atoms with Gasteiger partial charge in [-0.15, -0.1) is 0 Å². The second kappa shape index (κ2) is 4.66. The third kappa shape index (κ3) is 1.69. The number of nitro groups is 1. The lowest BCUT2D eigenvalue weighted by molar-refractivity contribution is -0.386. The molecule has 0 saturated heterocycles. The Morgan fingerprint density at radius 2 is 1.32 bits per heavy atom. The van der Waals surface area contributed by atoms with Crippen LogP contribution in [0.15, 0.2) is 16.5 Å². The Labute approximate surface area is 142 Å². The zero-order valence-corrected chi connectivity index (χ0v) is 14.1. The number of hydrogen-bond acceptors (Lipinski definition) is 5. The number of fused-ring (bicyclic) bond motifs is 5. The topological polar surface area (TPSA) is 93.7 Å². The van der Waals surface area contributed by atoms with E-state index in [1.807, 2.05) is 0 Å². The first-order chi connectivity index (χ1) is 11.8. The van der Waals surface area contributed by atoms with E-state index in [1.54, 1.807) is 39.8 Å². The molecule has 3 aromatic rings. The molecular weight excluding hydrogens is 324 g/mol. The third-order valence-corrected chi connectivity index (χ3v) is 5.13. The van der Waals surface area contributed by atoms with Crippen molar-refractivity contribution in [2.75, 3.05) is 4.90 Å². The van der Waals surface area contributed by atoms with Gasteiger partial charge in [0.1, 0.15) is 11.2 Å². The number of rotatable bonds is 2. The van der Waals surface area contributed by atoms with Gasteiger partial charge in [-0.25, -0.2) is 4.90 Å². The zero-order chi connectivity index (χ0) is 18.2. The number of nitrogens with zero attached hydrogens (tertiary/aromatic N) is 2. The lowest BCUT2D eigenvalue weighted by atomic mass is 9.95. The minimum absolute atomic E-state index is 0.0205. The van der Waals surface area contributed by atoms with Gasteiger partial charge in [0.05, 0.1) is 21.7 Å². The molecule has 7 nitrogen and oxygen atoms in total. The lowest BCUT2D eigenvalue weighted by Crippen LogP contribution is -2.31. The Hall–Kier alpha value is -3.22. The van der Waals surface area contributed by atoms with Crippen LogP contribution in [0.3, 0.4) is 0 Å². The van der Waals surface area contributed by atoms with Crippen LogP contribution in [0.2, 0.25) is 0 Å². The molecule has 1 aliphatic rings. The number of hydrogen-bond donors (Lipinski definition) is 0. The van der Waals surface area contributed by atoms with E-state index < -0.39 is 16.7 Å². The van der Waals surface area contributed by atoms with Gasteiger partial charge in [-0.1, -0.05) is 0 Å². The molecule has 7 heteroatoms. The molecule has 0 unspecified atom stereocenters. The molecule has 126 valence electrons. The highest BCUT2D eigenvalue weighted by molar-refractivity contribution is 6.39. The molecule has 0 atom stereocenters. The summed E-state index contributed by atoms with van der Waals surface area (Å²) in [6.07, 6.45) is 0. The maximum atomic E-state index is 12.9. The van der Waals surface area contributed by atoms with Gasteiger partial charge < -0.3 is 4.42 Å². The molecule has 3 heterocycles. The van der Waals surface area contributed by atoms with Gasteiger partial charge in [0.15, 0.2) is 0 Å². The summed E-state index contributed by atoms with van der Waals surface area (Å²) < 4.78 is 5.41. The summed E-state index contributed by atoms with van der Waals surface area (Å²) in [7, 11) is 0. The van der Waals surface area contributed by atoms with E-state index in [0.29, 0.717) is 39.1 Å². The number of furan rings is 2. The van der Waals surface area contributed by atoms with E-state index in [-0.39, 0.29) is 16.8 Å². The monoisotopic (exact) mass is 338 g/mol. The second-order valence-corrected chi connectivity index (χ2v) is 6.31. The third-order valence-electron chi connectivity index (χ3n) is 5.13. The van der Waals surface area contributed by atoms with Crippen LogP contribution in [-0.2, 0) is 0 Å². The lowest BCUT2D eigenvalue weighted by Gasteiger charge is -2.22. The summed E-state index contributed by atoms with van der Waals surface area (Å²) in [5.74, 6) is -0.901. The second-order valence-electron chi connectivity index (χ2n) is 6.31. The van der Waals surface area contributed by atoms with Crippen LogP contribution in [0.1, 0.15) is 43.0 Å². The van der Waals surface area contributed by atoms with E-state index in [1.165, 1.54) is 0 Å². The van der Waals surface area contributed by atoms with Crippen LogP contribution in [-0.4, -0.2) is 16.7 Å². The van der Waals surface area contributed by atoms with Crippen molar-refractivity contribution in [1.82, 2.24) is 0 Å². The molecule has 0 spiro atoms. The summed E-state index contributed by atoms with van der Waals surface area (Å²) >= 11 is 0. The molecule has 0 N–H and O–H groups in total. The Kier molecular flexibility index (Phi) is 2.85. The van der Waals surface area contributed by atoms with Crippen molar-refractivity contribution in [3.63, 3.8) is 0 Å². The SMILES string of the molecule is Cc1c(C)c([N+](=O)[O-])c(C)c(C)c1N1C(=O)c2c(c3ccc2o3)C1=O. The molecule has 0 saturated carbocycles. The highest BCUT2D eigenvalue weighted by Gasteiger charge is 2.44. The summed E-state index contributed by atoms with van der Waals surface area (Å²) in [6, 6.07) is 3.32. The predicted octanol–water partition coefficient (Wildman–Crippen LogP) is 3.81. The van der Waals surface area contributed by atoms with Gasteiger partial charge in [-0.3, -0.25) is 19.7 Å². The smallest absolute Gasteiger partial charge is 0.275 e. The fourth-order valence-electron chi connectivity index (χ4n) is 3.68. The van der Waals surface area contributed by atoms with Crippen LogP contribution >= 0.6 is 0 Å². The average Bonchev–Trinajstić information content (AvgIpc) is 3.22. The highest BCUT2D eigenvalue weighted by atomic mass is 16.6. The van der Waals surface area contributed by atoms with Gasteiger partial charge in [0.2, 0.25) is 0 Å². The summed E-state index contributed by atoms with van der Waals surface area (Å²) in [6.45, 7) is 6.65. The Balaban J connectivity index is 1.98. The van der Waals surface area contributed by atoms with Crippen LogP contribution in [0.4, 0.5) is 11.4 Å². The fourth-order valence-corrected chi connectivity index (χ4v) is 3.68. The standard InChI is InChI=1S/C18H14N2O5/c1-7-9(3)16(20(23)24)10(4)8(2)15(7)19-17(21)13-11-5-6-12(25-11)14(13)18(19)22/h5-6H,1-4H3. The molecule has 2 aromatic heterocycles. The summed E-state index contributed by atoms with van der Waals surface area (Å²) in [5.41, 5.74) is 3.76. The van der Waals surface area contributed by atoms with Crippen LogP contribution in [0.25, 0.3) is 11.2 Å². The molecule has 4 rings (SSSR count). The van der Waals surface area contributed by atoms with Crippen molar-refractivity contribution < 1.29 is 18.9 Å². The van der Waals surface area contributed by atoms with E-state index in [0.717, 1.165) is 4.90 Å². The molecule has 0 fully saturated rings. The van der Waals surface area contributed by atoms with E-state index in [9.17, 15) is 19.7 Å². The van der Waals surface area contributed by atoms with E-state index in [2.05, 4.69) is 0 Å². The van der Waals surface area contributed by atoms with Crippen molar-refractivity contribution in [3.8, 4) is 0 Å². The first-order valence-electron chi connectivity index (χ1n) is 7.74. The normalized spacial score (nSPS) is 14.0. The number of imide groups is 1. The van der Waals surface area contributed by atoms with Crippen molar-refractivity contribution in [2.24, 2.45) is 0 Å². The van der Waals surface area contributed by atoms with Crippen molar-refractivity contribution in [3.05, 3.63) is 55.6 Å². The largest absolute Gasteiger partial charge is 0.456 e. The van der Waals surface area contributed by atoms with Gasteiger partial charge in [-0.05, 0) is 51.0 Å². The van der Waals surface area contributed by atoms with Gasteiger partial charge in [0.25, 0.3) is 17.5 Å². The summed E-state index contributed by atoms with van der Waals surface area (Å²) in [4.78, 5) is 37.9. The van der Waals surface area contributed by atoms with Crippen molar-refractivity contribution >= 4 is 34.4 Å². The fraction of sp³-hybridized carbons (Fsp3) is 0.222. The van der Waals surface area contributed by atoms with Gasteiger partial charge >= 0.3 is 0 Å². The molecule has 25 heavy (non-hydrogen) atoms.